The van der Waals surface area contributed by atoms with E-state index in [0.717, 1.165) is 31.6 Å². The lowest BCUT2D eigenvalue weighted by molar-refractivity contribution is -0.118. The number of carbonyl (C=O) groups is 1. The van der Waals surface area contributed by atoms with E-state index in [0.29, 0.717) is 24.1 Å². The number of hydrogen-bond donors (Lipinski definition) is 1. The van der Waals surface area contributed by atoms with Gasteiger partial charge in [-0.25, -0.2) is 4.68 Å². The molecule has 9 heteroatoms. The van der Waals surface area contributed by atoms with Gasteiger partial charge in [-0.15, -0.1) is 16.9 Å². The molecule has 1 N–H and O–H groups in total. The van der Waals surface area contributed by atoms with Crippen LogP contribution in [-0.4, -0.2) is 48.2 Å². The Hall–Kier alpha value is -1.90. The van der Waals surface area contributed by atoms with Crippen molar-refractivity contribution in [3.8, 4) is 0 Å². The van der Waals surface area contributed by atoms with E-state index < -0.39 is 0 Å². The molecule has 0 unspecified atom stereocenters. The Morgan fingerprint density at radius 3 is 3.04 bits per heavy atom. The predicted octanol–water partition coefficient (Wildman–Crippen LogP) is 1.42. The van der Waals surface area contributed by atoms with Gasteiger partial charge in [0.25, 0.3) is 0 Å². The van der Waals surface area contributed by atoms with E-state index in [1.54, 1.807) is 18.0 Å². The molecule has 1 fully saturated rings. The molecule has 2 aromatic heterocycles. The molecule has 3 rings (SSSR count). The molecule has 0 bridgehead atoms. The second-order valence-electron chi connectivity index (χ2n) is 5.94. The van der Waals surface area contributed by atoms with Crippen LogP contribution >= 0.6 is 11.8 Å². The molecule has 0 aliphatic heterocycles. The van der Waals surface area contributed by atoms with Gasteiger partial charge in [-0.3, -0.25) is 9.48 Å². The molecule has 130 valence electrons. The van der Waals surface area contributed by atoms with Crippen LogP contribution in [0.15, 0.2) is 18.5 Å². The zero-order chi connectivity index (χ0) is 16.6. The number of carbonyl (C=O) groups excluding carboxylic acids is 1. The molecule has 1 amide bonds. The minimum Gasteiger partial charge on any atom is -0.355 e. The van der Waals surface area contributed by atoms with Crippen LogP contribution in [0.4, 0.5) is 0 Å². The van der Waals surface area contributed by atoms with Crippen molar-refractivity contribution in [1.29, 1.82) is 0 Å². The molecule has 2 aromatic rings. The Morgan fingerprint density at radius 1 is 1.38 bits per heavy atom. The Labute approximate surface area is 145 Å². The number of nitrogens with zero attached hydrogens (tertiary/aromatic N) is 6. The van der Waals surface area contributed by atoms with Crippen LogP contribution in [0.5, 0.6) is 0 Å². The molecule has 0 radical (unpaired) electrons. The number of hydrogen-bond acceptors (Lipinski definition) is 6. The number of thioether (sulfide) groups is 1. The third kappa shape index (κ3) is 4.80. The first kappa shape index (κ1) is 16.9. The summed E-state index contributed by atoms with van der Waals surface area (Å²) in [5, 5.41) is 19.1. The summed E-state index contributed by atoms with van der Waals surface area (Å²) >= 11 is 1.55. The molecule has 2 heterocycles. The Bertz CT molecular complexity index is 622. The van der Waals surface area contributed by atoms with Gasteiger partial charge < -0.3 is 5.32 Å². The molecular weight excluding hydrogens is 326 g/mol. The summed E-state index contributed by atoms with van der Waals surface area (Å²) < 4.78 is 3.81. The summed E-state index contributed by atoms with van der Waals surface area (Å²) in [6, 6.07) is 2.33. The molecule has 0 atom stereocenters. The summed E-state index contributed by atoms with van der Waals surface area (Å²) in [5.41, 5.74) is 0. The zero-order valence-electron chi connectivity index (χ0n) is 13.7. The van der Waals surface area contributed by atoms with Crippen LogP contribution in [0.1, 0.15) is 44.0 Å². The minimum atomic E-state index is 0.0559. The SMILES string of the molecule is O=C(CSCc1nnnn1C1CCCC1)NCCCn1cccn1. The maximum absolute atomic E-state index is 11.9. The lowest BCUT2D eigenvalue weighted by Gasteiger charge is -2.11. The average molecular weight is 349 g/mol. The van der Waals surface area contributed by atoms with Gasteiger partial charge in [0, 0.05) is 25.5 Å². The molecule has 1 aliphatic rings. The number of aryl methyl sites for hydroxylation is 1. The molecule has 0 saturated heterocycles. The van der Waals surface area contributed by atoms with Crippen molar-refractivity contribution < 1.29 is 4.79 Å². The van der Waals surface area contributed by atoms with Crippen molar-refractivity contribution in [1.82, 2.24) is 35.3 Å². The molecule has 0 spiro atoms. The zero-order valence-corrected chi connectivity index (χ0v) is 14.5. The fraction of sp³-hybridized carbons (Fsp3) is 0.667. The fourth-order valence-electron chi connectivity index (χ4n) is 2.93. The van der Waals surface area contributed by atoms with Gasteiger partial charge in [-0.2, -0.15) is 5.10 Å². The van der Waals surface area contributed by atoms with Crippen LogP contribution in [0.2, 0.25) is 0 Å². The first-order chi connectivity index (χ1) is 11.8. The summed E-state index contributed by atoms with van der Waals surface area (Å²) in [5.74, 6) is 2.03. The highest BCUT2D eigenvalue weighted by Crippen LogP contribution is 2.29. The van der Waals surface area contributed by atoms with Gasteiger partial charge in [-0.1, -0.05) is 12.8 Å². The van der Waals surface area contributed by atoms with Crippen molar-refractivity contribution in [2.45, 2.75) is 50.4 Å². The standard InChI is InChI=1S/C15H23N7OS/c23-15(16-7-3-9-21-10-4-8-17-21)12-24-11-14-18-19-20-22(14)13-5-1-2-6-13/h4,8,10,13H,1-3,5-7,9,11-12H2,(H,16,23). The quantitative estimate of drug-likeness (QED) is 0.689. The maximum Gasteiger partial charge on any atom is 0.230 e. The Morgan fingerprint density at radius 2 is 2.25 bits per heavy atom. The summed E-state index contributed by atoms with van der Waals surface area (Å²) in [7, 11) is 0. The lowest BCUT2D eigenvalue weighted by atomic mass is 10.2. The van der Waals surface area contributed by atoms with Crippen molar-refractivity contribution in [3.05, 3.63) is 24.3 Å². The third-order valence-electron chi connectivity index (χ3n) is 4.14. The summed E-state index contributed by atoms with van der Waals surface area (Å²) in [4.78, 5) is 11.9. The van der Waals surface area contributed by atoms with Crippen LogP contribution in [-0.2, 0) is 17.1 Å². The number of rotatable bonds is 9. The monoisotopic (exact) mass is 349 g/mol. The van der Waals surface area contributed by atoms with Gasteiger partial charge in [-0.05, 0) is 35.8 Å². The fourth-order valence-corrected chi connectivity index (χ4v) is 3.69. The number of tetrazole rings is 1. The molecule has 1 aliphatic carbocycles. The number of aromatic nitrogens is 6. The lowest BCUT2D eigenvalue weighted by Crippen LogP contribution is -2.27. The van der Waals surface area contributed by atoms with Crippen LogP contribution in [0.3, 0.4) is 0 Å². The first-order valence-electron chi connectivity index (χ1n) is 8.41. The first-order valence-corrected chi connectivity index (χ1v) is 9.57. The van der Waals surface area contributed by atoms with Crippen molar-refractivity contribution in [2.75, 3.05) is 12.3 Å². The highest BCUT2D eigenvalue weighted by Gasteiger charge is 2.21. The van der Waals surface area contributed by atoms with Crippen LogP contribution in [0.25, 0.3) is 0 Å². The molecule has 8 nitrogen and oxygen atoms in total. The van der Waals surface area contributed by atoms with E-state index in [1.165, 1.54) is 12.8 Å². The smallest absolute Gasteiger partial charge is 0.230 e. The normalized spacial score (nSPS) is 15.0. The van der Waals surface area contributed by atoms with E-state index in [1.807, 2.05) is 21.6 Å². The van der Waals surface area contributed by atoms with Crippen molar-refractivity contribution in [2.24, 2.45) is 0 Å². The molecule has 0 aromatic carbocycles. The van der Waals surface area contributed by atoms with E-state index in [2.05, 4.69) is 25.9 Å². The van der Waals surface area contributed by atoms with Gasteiger partial charge >= 0.3 is 0 Å². The second-order valence-corrected chi connectivity index (χ2v) is 6.93. The highest BCUT2D eigenvalue weighted by molar-refractivity contribution is 7.99. The highest BCUT2D eigenvalue weighted by atomic mass is 32.2. The Kier molecular flexibility index (Phi) is 6.22. The maximum atomic E-state index is 11.9. The van der Waals surface area contributed by atoms with Gasteiger partial charge in [0.2, 0.25) is 5.91 Å². The average Bonchev–Trinajstić information content (AvgIpc) is 3.32. The molecule has 1 saturated carbocycles. The minimum absolute atomic E-state index is 0.0559. The van der Waals surface area contributed by atoms with Crippen LogP contribution < -0.4 is 5.32 Å². The van der Waals surface area contributed by atoms with Crippen molar-refractivity contribution >= 4 is 17.7 Å². The largest absolute Gasteiger partial charge is 0.355 e. The van der Waals surface area contributed by atoms with Crippen molar-refractivity contribution in [3.63, 3.8) is 0 Å². The topological polar surface area (TPSA) is 90.5 Å². The predicted molar refractivity (Wildman–Crippen MR) is 91.3 cm³/mol. The van der Waals surface area contributed by atoms with Gasteiger partial charge in [0.1, 0.15) is 0 Å². The number of amides is 1. The van der Waals surface area contributed by atoms with Gasteiger partial charge in [0.15, 0.2) is 5.82 Å². The van der Waals surface area contributed by atoms with E-state index in [9.17, 15) is 4.79 Å². The van der Waals surface area contributed by atoms with E-state index in [4.69, 9.17) is 0 Å². The second kappa shape index (κ2) is 8.81. The summed E-state index contributed by atoms with van der Waals surface area (Å²) in [6.45, 7) is 1.48. The third-order valence-corrected chi connectivity index (χ3v) is 5.07. The van der Waals surface area contributed by atoms with E-state index >= 15 is 0 Å². The molecule has 24 heavy (non-hydrogen) atoms. The van der Waals surface area contributed by atoms with Gasteiger partial charge in [0.05, 0.1) is 17.5 Å². The number of nitrogens with one attached hydrogen (secondary N) is 1. The summed E-state index contributed by atoms with van der Waals surface area (Å²) in [6.07, 6.45) is 9.35. The van der Waals surface area contributed by atoms with E-state index in [-0.39, 0.29) is 5.91 Å². The molecular formula is C15H23N7OS. The Balaban J connectivity index is 1.31. The van der Waals surface area contributed by atoms with Crippen LogP contribution in [0, 0.1) is 0 Å².